The predicted octanol–water partition coefficient (Wildman–Crippen LogP) is 3.90. The van der Waals surface area contributed by atoms with Crippen LogP contribution in [0.5, 0.6) is 0 Å². The summed E-state index contributed by atoms with van der Waals surface area (Å²) in [6.07, 6.45) is 1.10. The van der Waals surface area contributed by atoms with E-state index in [9.17, 15) is 9.59 Å². The van der Waals surface area contributed by atoms with Crippen molar-refractivity contribution in [3.8, 4) is 22.5 Å². The first kappa shape index (κ1) is 41.0. The molecule has 2 amide bonds. The zero-order valence-electron chi connectivity index (χ0n) is 30.7. The standard InChI is InChI=1S/C38H55N5O9/c1-3-17-47-22-25-51-27-24-49-19-16-43-38-33-11-7-8-12-34(33)42(30-31-9-5-6-10-32(31)37(38)40-41-43)36(45)14-13-35(44)39-15-18-48-23-26-52-29-28-50-21-20-46-4-2/h5-12H,3-4,13-30H2,1-2H3,(H,39,44). The number of nitrogens with one attached hydrogen (secondary N) is 1. The van der Waals surface area contributed by atoms with Gasteiger partial charge in [-0.2, -0.15) is 0 Å². The van der Waals surface area contributed by atoms with E-state index in [1.807, 2.05) is 60.1 Å². The maximum atomic E-state index is 13.8. The summed E-state index contributed by atoms with van der Waals surface area (Å²) in [7, 11) is 0. The molecule has 0 fully saturated rings. The Balaban J connectivity index is 1.27. The highest BCUT2D eigenvalue weighted by Gasteiger charge is 2.29. The van der Waals surface area contributed by atoms with Crippen molar-refractivity contribution in [3.63, 3.8) is 0 Å². The molecule has 0 saturated heterocycles. The molecule has 0 aliphatic carbocycles. The second-order valence-corrected chi connectivity index (χ2v) is 11.9. The Bertz CT molecular complexity index is 1470. The maximum absolute atomic E-state index is 13.8. The summed E-state index contributed by atoms with van der Waals surface area (Å²) in [4.78, 5) is 28.3. The summed E-state index contributed by atoms with van der Waals surface area (Å²) in [6.45, 7) is 12.4. The van der Waals surface area contributed by atoms with Crippen molar-refractivity contribution in [2.45, 2.75) is 46.2 Å². The van der Waals surface area contributed by atoms with E-state index >= 15 is 0 Å². The molecule has 1 aromatic heterocycles. The first-order valence-electron chi connectivity index (χ1n) is 18.4. The molecule has 286 valence electrons. The number of fused-ring (bicyclic) bond motifs is 5. The van der Waals surface area contributed by atoms with Gasteiger partial charge in [-0.3, -0.25) is 9.59 Å². The van der Waals surface area contributed by atoms with Crippen LogP contribution in [0.1, 0.15) is 38.7 Å². The predicted molar refractivity (Wildman–Crippen MR) is 196 cm³/mol. The third-order valence-corrected chi connectivity index (χ3v) is 8.08. The van der Waals surface area contributed by atoms with E-state index in [4.69, 9.17) is 33.2 Å². The number of benzene rings is 2. The number of hydrogen-bond donors (Lipinski definition) is 1. The van der Waals surface area contributed by atoms with Crippen LogP contribution in [0.3, 0.4) is 0 Å². The molecule has 1 aliphatic heterocycles. The number of anilines is 1. The molecule has 14 nitrogen and oxygen atoms in total. The highest BCUT2D eigenvalue weighted by atomic mass is 16.6. The quantitative estimate of drug-likeness (QED) is 0.114. The Morgan fingerprint density at radius 1 is 0.673 bits per heavy atom. The smallest absolute Gasteiger partial charge is 0.227 e. The van der Waals surface area contributed by atoms with E-state index in [0.29, 0.717) is 106 Å². The van der Waals surface area contributed by atoms with Gasteiger partial charge in [0.05, 0.1) is 104 Å². The lowest BCUT2D eigenvalue weighted by Crippen LogP contribution is -2.34. The van der Waals surface area contributed by atoms with Gasteiger partial charge in [-0.1, -0.05) is 54.6 Å². The fourth-order valence-corrected chi connectivity index (χ4v) is 5.54. The Labute approximate surface area is 307 Å². The monoisotopic (exact) mass is 725 g/mol. The second kappa shape index (κ2) is 24.5. The van der Waals surface area contributed by atoms with Gasteiger partial charge in [-0.15, -0.1) is 5.10 Å². The first-order valence-corrected chi connectivity index (χ1v) is 18.4. The molecule has 0 bridgehead atoms. The summed E-state index contributed by atoms with van der Waals surface area (Å²) in [5.74, 6) is -0.364. The van der Waals surface area contributed by atoms with Gasteiger partial charge < -0.3 is 43.4 Å². The maximum Gasteiger partial charge on any atom is 0.227 e. The van der Waals surface area contributed by atoms with Gasteiger partial charge in [0.2, 0.25) is 11.8 Å². The molecular weight excluding hydrogens is 670 g/mol. The molecular formula is C38H55N5O9. The van der Waals surface area contributed by atoms with Gasteiger partial charge in [-0.25, -0.2) is 4.68 Å². The SMILES string of the molecule is CCCOCCOCCOCCn1nnc2c1-c1ccccc1N(C(=O)CCC(=O)NCCOCCOCCOCCOCC)Cc1ccccc1-2. The fourth-order valence-electron chi connectivity index (χ4n) is 5.54. The molecule has 1 aliphatic rings. The fraction of sp³-hybridized carbons (Fsp3) is 0.579. The van der Waals surface area contributed by atoms with E-state index in [-0.39, 0.29) is 24.7 Å². The Kier molecular flexibility index (Phi) is 19.3. The minimum Gasteiger partial charge on any atom is -0.379 e. The third-order valence-electron chi connectivity index (χ3n) is 8.08. The Morgan fingerprint density at radius 2 is 1.25 bits per heavy atom. The van der Waals surface area contributed by atoms with Crippen molar-refractivity contribution in [2.24, 2.45) is 0 Å². The molecule has 3 aromatic rings. The average molecular weight is 726 g/mol. The lowest BCUT2D eigenvalue weighted by molar-refractivity contribution is -0.125. The summed E-state index contributed by atoms with van der Waals surface area (Å²) in [6, 6.07) is 15.7. The highest BCUT2D eigenvalue weighted by Crippen LogP contribution is 2.41. The van der Waals surface area contributed by atoms with Gasteiger partial charge in [-0.05, 0) is 25.0 Å². The van der Waals surface area contributed by atoms with Crippen LogP contribution in [0.4, 0.5) is 5.69 Å². The van der Waals surface area contributed by atoms with Gasteiger partial charge in [0.1, 0.15) is 5.69 Å². The largest absolute Gasteiger partial charge is 0.379 e. The molecule has 14 heteroatoms. The zero-order valence-corrected chi connectivity index (χ0v) is 30.7. The van der Waals surface area contributed by atoms with Crippen molar-refractivity contribution >= 4 is 17.5 Å². The minimum atomic E-state index is -0.210. The molecule has 52 heavy (non-hydrogen) atoms. The van der Waals surface area contributed by atoms with E-state index in [1.54, 1.807) is 4.90 Å². The minimum absolute atomic E-state index is 0.0503. The van der Waals surface area contributed by atoms with Crippen molar-refractivity contribution in [3.05, 3.63) is 54.1 Å². The summed E-state index contributed by atoms with van der Waals surface area (Å²) >= 11 is 0. The van der Waals surface area contributed by atoms with E-state index in [1.165, 1.54) is 0 Å². The number of nitrogens with zero attached hydrogens (tertiary/aromatic N) is 4. The number of para-hydroxylation sites is 1. The number of rotatable bonds is 27. The van der Waals surface area contributed by atoms with Gasteiger partial charge in [0, 0.05) is 43.7 Å². The van der Waals surface area contributed by atoms with Crippen LogP contribution >= 0.6 is 0 Å². The normalized spacial score (nSPS) is 12.2. The highest BCUT2D eigenvalue weighted by molar-refractivity contribution is 6.01. The second-order valence-electron chi connectivity index (χ2n) is 11.9. The van der Waals surface area contributed by atoms with Crippen LogP contribution in [0.15, 0.2) is 48.5 Å². The summed E-state index contributed by atoms with van der Waals surface area (Å²) in [5, 5.41) is 12.0. The average Bonchev–Trinajstić information content (AvgIpc) is 3.58. The van der Waals surface area contributed by atoms with Crippen LogP contribution in [-0.4, -0.2) is 126 Å². The molecule has 1 N–H and O–H groups in total. The number of amides is 2. The lowest BCUT2D eigenvalue weighted by atomic mass is 9.95. The number of ether oxygens (including phenoxy) is 7. The van der Waals surface area contributed by atoms with Crippen molar-refractivity contribution in [1.29, 1.82) is 0 Å². The van der Waals surface area contributed by atoms with Crippen LogP contribution in [-0.2, 0) is 55.8 Å². The van der Waals surface area contributed by atoms with Crippen LogP contribution < -0.4 is 10.2 Å². The molecule has 0 unspecified atom stereocenters. The van der Waals surface area contributed by atoms with E-state index in [0.717, 1.165) is 46.8 Å². The molecule has 0 spiro atoms. The first-order chi connectivity index (χ1) is 25.6. The Morgan fingerprint density at radius 3 is 1.92 bits per heavy atom. The number of carbonyl (C=O) groups excluding carboxylic acids is 2. The third kappa shape index (κ3) is 13.7. The lowest BCUT2D eigenvalue weighted by Gasteiger charge is -2.28. The van der Waals surface area contributed by atoms with E-state index in [2.05, 4.69) is 22.6 Å². The molecule has 2 aromatic carbocycles. The van der Waals surface area contributed by atoms with Gasteiger partial charge in [0.25, 0.3) is 0 Å². The molecule has 0 saturated carbocycles. The van der Waals surface area contributed by atoms with Crippen LogP contribution in [0, 0.1) is 0 Å². The van der Waals surface area contributed by atoms with Gasteiger partial charge >= 0.3 is 0 Å². The zero-order chi connectivity index (χ0) is 36.6. The van der Waals surface area contributed by atoms with E-state index < -0.39 is 0 Å². The molecule has 0 radical (unpaired) electrons. The molecule has 0 atom stereocenters. The van der Waals surface area contributed by atoms with Crippen molar-refractivity contribution < 1.29 is 42.7 Å². The van der Waals surface area contributed by atoms with Crippen LogP contribution in [0.2, 0.25) is 0 Å². The molecule has 4 rings (SSSR count). The van der Waals surface area contributed by atoms with Crippen molar-refractivity contribution in [1.82, 2.24) is 20.3 Å². The number of aromatic nitrogens is 3. The van der Waals surface area contributed by atoms with Crippen molar-refractivity contribution in [2.75, 3.05) is 104 Å². The Hall–Kier alpha value is -3.76. The number of carbonyl (C=O) groups is 2. The topological polar surface area (TPSA) is 145 Å². The molecule has 2 heterocycles. The van der Waals surface area contributed by atoms with Gasteiger partial charge in [0.15, 0.2) is 0 Å². The summed E-state index contributed by atoms with van der Waals surface area (Å²) < 4.78 is 40.4. The summed E-state index contributed by atoms with van der Waals surface area (Å²) in [5.41, 5.74) is 4.97. The number of hydrogen-bond acceptors (Lipinski definition) is 11. The van der Waals surface area contributed by atoms with Crippen LogP contribution in [0.25, 0.3) is 22.5 Å².